The molecule has 1 N–H and O–H groups in total. The van der Waals surface area contributed by atoms with Crippen molar-refractivity contribution < 1.29 is 4.79 Å². The van der Waals surface area contributed by atoms with Gasteiger partial charge in [0.2, 0.25) is 5.82 Å². The van der Waals surface area contributed by atoms with Crippen LogP contribution in [0.3, 0.4) is 0 Å². The highest BCUT2D eigenvalue weighted by Crippen LogP contribution is 2.31. The minimum atomic E-state index is 0.0541. The van der Waals surface area contributed by atoms with E-state index >= 15 is 0 Å². The first-order valence-corrected chi connectivity index (χ1v) is 15.7. The Kier molecular flexibility index (Phi) is 8.06. The Labute approximate surface area is 262 Å². The average Bonchev–Trinajstić information content (AvgIpc) is 3.74. The van der Waals surface area contributed by atoms with E-state index in [0.717, 1.165) is 77.0 Å². The summed E-state index contributed by atoms with van der Waals surface area (Å²) in [6, 6.07) is 33.3. The number of benzene rings is 4. The first-order chi connectivity index (χ1) is 22.2. The number of amides is 2. The predicted molar refractivity (Wildman–Crippen MR) is 177 cm³/mol. The molecule has 2 amide bonds. The zero-order chi connectivity index (χ0) is 30.6. The van der Waals surface area contributed by atoms with E-state index in [1.54, 1.807) is 0 Å². The van der Waals surface area contributed by atoms with Gasteiger partial charge in [-0.3, -0.25) is 4.90 Å². The van der Waals surface area contributed by atoms with Crippen LogP contribution in [0.2, 0.25) is 0 Å². The molecule has 0 saturated carbocycles. The number of imidazole rings is 1. The average molecular weight is 597 g/mol. The summed E-state index contributed by atoms with van der Waals surface area (Å²) in [5.74, 6) is 1.65. The Balaban J connectivity index is 1.18. The van der Waals surface area contributed by atoms with E-state index in [4.69, 9.17) is 4.98 Å². The number of rotatable bonds is 10. The molecule has 45 heavy (non-hydrogen) atoms. The molecule has 0 unspecified atom stereocenters. The minimum absolute atomic E-state index is 0.0541. The molecule has 1 aliphatic rings. The van der Waals surface area contributed by atoms with E-state index < -0.39 is 0 Å². The molecular weight excluding hydrogens is 560 g/mol. The second-order valence-corrected chi connectivity index (χ2v) is 11.6. The quantitative estimate of drug-likeness (QED) is 0.182. The van der Waals surface area contributed by atoms with Crippen molar-refractivity contribution in [3.8, 4) is 22.5 Å². The molecule has 1 aliphatic heterocycles. The first kappa shape index (κ1) is 28.5. The van der Waals surface area contributed by atoms with Crippen LogP contribution in [0.4, 0.5) is 10.5 Å². The highest BCUT2D eigenvalue weighted by Gasteiger charge is 2.27. The Morgan fingerprint density at radius 3 is 2.38 bits per heavy atom. The molecule has 9 nitrogen and oxygen atoms in total. The highest BCUT2D eigenvalue weighted by atomic mass is 16.2. The maximum atomic E-state index is 13.7. The number of aromatic amines is 1. The van der Waals surface area contributed by atoms with Crippen LogP contribution in [0.15, 0.2) is 97.1 Å². The fraction of sp³-hybridized carbons (Fsp3) is 0.250. The van der Waals surface area contributed by atoms with E-state index in [2.05, 4.69) is 86.7 Å². The van der Waals surface area contributed by atoms with Crippen molar-refractivity contribution >= 4 is 22.8 Å². The molecule has 4 aromatic carbocycles. The van der Waals surface area contributed by atoms with Crippen LogP contribution in [-0.2, 0) is 19.5 Å². The van der Waals surface area contributed by atoms with Crippen molar-refractivity contribution in [3.63, 3.8) is 0 Å². The molecular formula is C36H36N8O. The van der Waals surface area contributed by atoms with Gasteiger partial charge < -0.3 is 9.47 Å². The molecule has 0 spiro atoms. The Morgan fingerprint density at radius 2 is 1.60 bits per heavy atom. The molecule has 7 rings (SSSR count). The fourth-order valence-electron chi connectivity index (χ4n) is 6.18. The molecule has 226 valence electrons. The van der Waals surface area contributed by atoms with Crippen LogP contribution in [0.1, 0.15) is 43.1 Å². The van der Waals surface area contributed by atoms with E-state index in [9.17, 15) is 4.79 Å². The molecule has 3 heterocycles. The molecule has 6 aromatic rings. The molecule has 2 aromatic heterocycles. The fourth-order valence-corrected chi connectivity index (χ4v) is 6.18. The lowest BCUT2D eigenvalue weighted by atomic mass is 9.98. The third-order valence-corrected chi connectivity index (χ3v) is 8.52. The van der Waals surface area contributed by atoms with Gasteiger partial charge in [0.1, 0.15) is 5.82 Å². The summed E-state index contributed by atoms with van der Waals surface area (Å²) >= 11 is 0. The molecule has 0 radical (unpaired) electrons. The Bertz CT molecular complexity index is 1900. The smallest absolute Gasteiger partial charge is 0.323 e. The van der Waals surface area contributed by atoms with Gasteiger partial charge in [0.25, 0.3) is 0 Å². The number of urea groups is 1. The number of H-pyrrole nitrogens is 1. The van der Waals surface area contributed by atoms with Crippen LogP contribution < -0.4 is 4.90 Å². The van der Waals surface area contributed by atoms with Gasteiger partial charge in [0.05, 0.1) is 11.0 Å². The number of aromatic nitrogens is 6. The summed E-state index contributed by atoms with van der Waals surface area (Å²) in [5, 5.41) is 14.7. The third-order valence-electron chi connectivity index (χ3n) is 8.52. The van der Waals surface area contributed by atoms with E-state index in [1.807, 2.05) is 52.3 Å². The summed E-state index contributed by atoms with van der Waals surface area (Å²) < 4.78 is 2.33. The second kappa shape index (κ2) is 12.7. The molecule has 0 atom stereocenters. The SMILES string of the molecule is CCCCc1nc2ccc(N3CCCN(Cc4ccccc4)C3=O)cc2n1Cc1ccc(-c2ccccc2-c2nn[nH]n2)cc1. The molecule has 0 bridgehead atoms. The van der Waals surface area contributed by atoms with Gasteiger partial charge in [0, 0.05) is 43.9 Å². The van der Waals surface area contributed by atoms with Gasteiger partial charge in [-0.05, 0) is 58.5 Å². The molecule has 0 aliphatic carbocycles. The monoisotopic (exact) mass is 596 g/mol. The van der Waals surface area contributed by atoms with Gasteiger partial charge >= 0.3 is 6.03 Å². The number of unbranched alkanes of at least 4 members (excludes halogenated alkanes) is 1. The van der Waals surface area contributed by atoms with Gasteiger partial charge in [-0.2, -0.15) is 5.21 Å². The summed E-state index contributed by atoms with van der Waals surface area (Å²) in [6.07, 6.45) is 4.01. The zero-order valence-corrected chi connectivity index (χ0v) is 25.4. The largest absolute Gasteiger partial charge is 0.324 e. The number of hydrogen-bond acceptors (Lipinski definition) is 5. The number of nitrogens with zero attached hydrogens (tertiary/aromatic N) is 7. The minimum Gasteiger partial charge on any atom is -0.323 e. The maximum Gasteiger partial charge on any atom is 0.324 e. The summed E-state index contributed by atoms with van der Waals surface area (Å²) in [6.45, 7) is 4.99. The van der Waals surface area contributed by atoms with Crippen LogP contribution in [0.25, 0.3) is 33.5 Å². The summed E-state index contributed by atoms with van der Waals surface area (Å²) in [7, 11) is 0. The number of carbonyl (C=O) groups excluding carboxylic acids is 1. The standard InChI is InChI=1S/C36H36N8O/c1-2-3-14-34-37-32-20-19-29(43-22-9-21-42(36(43)45)24-26-10-5-4-6-11-26)23-33(32)44(34)25-27-15-17-28(18-16-27)30-12-7-8-13-31(30)35-38-40-41-39-35/h4-8,10-13,15-20,23H,2-3,9,14,21-22,24-25H2,1H3,(H,38,39,40,41). The van der Waals surface area contributed by atoms with Gasteiger partial charge in [0.15, 0.2) is 0 Å². The Morgan fingerprint density at radius 1 is 0.822 bits per heavy atom. The predicted octanol–water partition coefficient (Wildman–Crippen LogP) is 7.11. The number of aryl methyl sites for hydroxylation is 1. The van der Waals surface area contributed by atoms with Gasteiger partial charge in [-0.25, -0.2) is 9.78 Å². The second-order valence-electron chi connectivity index (χ2n) is 11.6. The van der Waals surface area contributed by atoms with Crippen LogP contribution in [0.5, 0.6) is 0 Å². The summed E-state index contributed by atoms with van der Waals surface area (Å²) in [4.78, 5) is 22.6. The van der Waals surface area contributed by atoms with E-state index in [-0.39, 0.29) is 6.03 Å². The molecule has 1 fully saturated rings. The van der Waals surface area contributed by atoms with Crippen molar-refractivity contribution in [1.82, 2.24) is 35.1 Å². The van der Waals surface area contributed by atoms with Crippen molar-refractivity contribution in [2.45, 2.75) is 45.7 Å². The van der Waals surface area contributed by atoms with E-state index in [1.165, 1.54) is 5.56 Å². The lowest BCUT2D eigenvalue weighted by molar-refractivity contribution is 0.192. The van der Waals surface area contributed by atoms with Crippen LogP contribution in [-0.4, -0.2) is 54.2 Å². The number of nitrogens with one attached hydrogen (secondary N) is 1. The topological polar surface area (TPSA) is 95.8 Å². The molecule has 1 saturated heterocycles. The highest BCUT2D eigenvalue weighted by molar-refractivity contribution is 5.95. The zero-order valence-electron chi connectivity index (χ0n) is 25.4. The lowest BCUT2D eigenvalue weighted by Gasteiger charge is -2.35. The number of fused-ring (bicyclic) bond motifs is 1. The van der Waals surface area contributed by atoms with Crippen LogP contribution >= 0.6 is 0 Å². The Hall–Kier alpha value is -5.31. The van der Waals surface area contributed by atoms with E-state index in [0.29, 0.717) is 25.5 Å². The van der Waals surface area contributed by atoms with Crippen molar-refractivity contribution in [3.05, 3.63) is 114 Å². The normalized spacial score (nSPS) is 13.6. The maximum absolute atomic E-state index is 13.7. The summed E-state index contributed by atoms with van der Waals surface area (Å²) in [5.41, 5.74) is 8.34. The van der Waals surface area contributed by atoms with Gasteiger partial charge in [-0.15, -0.1) is 10.2 Å². The number of anilines is 1. The first-order valence-electron chi connectivity index (χ1n) is 15.7. The van der Waals surface area contributed by atoms with Crippen molar-refractivity contribution in [2.24, 2.45) is 0 Å². The van der Waals surface area contributed by atoms with Crippen molar-refractivity contribution in [1.29, 1.82) is 0 Å². The third kappa shape index (κ3) is 5.93. The van der Waals surface area contributed by atoms with Gasteiger partial charge in [-0.1, -0.05) is 92.2 Å². The molecule has 9 heteroatoms. The van der Waals surface area contributed by atoms with Crippen molar-refractivity contribution in [2.75, 3.05) is 18.0 Å². The number of tetrazole rings is 1. The number of hydrogen-bond donors (Lipinski definition) is 1. The van der Waals surface area contributed by atoms with Crippen LogP contribution in [0, 0.1) is 0 Å². The number of carbonyl (C=O) groups is 1. The lowest BCUT2D eigenvalue weighted by Crippen LogP contribution is -2.49.